The van der Waals surface area contributed by atoms with Gasteiger partial charge in [-0.05, 0) is 42.7 Å². The van der Waals surface area contributed by atoms with E-state index in [0.717, 1.165) is 35.2 Å². The molecule has 1 saturated heterocycles. The predicted molar refractivity (Wildman–Crippen MR) is 168 cm³/mol. The Morgan fingerprint density at radius 3 is 2.62 bits per heavy atom. The monoisotopic (exact) mass is 630 g/mol. The fourth-order valence-corrected chi connectivity index (χ4v) is 5.87. The first-order chi connectivity index (χ1) is 21.7. The number of aliphatic hydroxyl groups excluding tert-OH is 1. The number of hydrogen-bond donors (Lipinski definition) is 2. The van der Waals surface area contributed by atoms with Gasteiger partial charge in [0.1, 0.15) is 5.52 Å². The number of carbonyl (C=O) groups excluding carboxylic acids is 1. The van der Waals surface area contributed by atoms with E-state index < -0.39 is 12.2 Å². The number of nitrogens with zero attached hydrogens (tertiary/aromatic N) is 5. The van der Waals surface area contributed by atoms with Crippen LogP contribution in [0.3, 0.4) is 0 Å². The number of aliphatic hydroxyl groups is 1. The first-order valence-electron chi connectivity index (χ1n) is 14.3. The lowest BCUT2D eigenvalue weighted by molar-refractivity contribution is 0.112. The van der Waals surface area contributed by atoms with Crippen LogP contribution in [-0.2, 0) is 6.54 Å². The topological polar surface area (TPSA) is 113 Å². The van der Waals surface area contributed by atoms with Crippen LogP contribution in [0.1, 0.15) is 40.2 Å². The summed E-state index contributed by atoms with van der Waals surface area (Å²) in [7, 11) is 1.58. The Kier molecular flexibility index (Phi) is 8.66. The molecule has 1 fully saturated rings. The van der Waals surface area contributed by atoms with Gasteiger partial charge in [0.2, 0.25) is 5.88 Å². The maximum Gasteiger partial charge on any atom is 0.297 e. The van der Waals surface area contributed by atoms with Gasteiger partial charge in [-0.25, -0.2) is 28.7 Å². The molecule has 1 aliphatic heterocycles. The zero-order chi connectivity index (χ0) is 31.7. The second kappa shape index (κ2) is 12.8. The Bertz CT molecular complexity index is 1910. The number of methoxy groups -OCH3 is 1. The number of fused-ring (bicyclic) bond motifs is 1. The summed E-state index contributed by atoms with van der Waals surface area (Å²) < 4.78 is 33.0. The van der Waals surface area contributed by atoms with Crippen LogP contribution >= 0.6 is 11.6 Å². The van der Waals surface area contributed by atoms with Crippen molar-refractivity contribution in [3.63, 3.8) is 0 Å². The molecule has 2 aromatic carbocycles. The maximum absolute atomic E-state index is 13.7. The molecule has 1 aliphatic rings. The zero-order valence-corrected chi connectivity index (χ0v) is 25.2. The maximum atomic E-state index is 13.7. The van der Waals surface area contributed by atoms with E-state index in [1.807, 2.05) is 49.4 Å². The van der Waals surface area contributed by atoms with Gasteiger partial charge in [-0.2, -0.15) is 0 Å². The molecule has 4 heterocycles. The largest absolute Gasteiger partial charge is 0.481 e. The highest BCUT2D eigenvalue weighted by Gasteiger charge is 2.23. The molecule has 45 heavy (non-hydrogen) atoms. The Balaban J connectivity index is 1.35. The first kappa shape index (κ1) is 30.4. The van der Waals surface area contributed by atoms with E-state index in [9.17, 15) is 18.7 Å². The molecule has 0 amide bonds. The highest BCUT2D eigenvalue weighted by molar-refractivity contribution is 6.36. The lowest BCUT2D eigenvalue weighted by atomic mass is 9.96. The molecule has 0 aliphatic carbocycles. The molecule has 0 spiro atoms. The zero-order valence-electron chi connectivity index (χ0n) is 24.5. The summed E-state index contributed by atoms with van der Waals surface area (Å²) in [6, 6.07) is 16.5. The predicted octanol–water partition coefficient (Wildman–Crippen LogP) is 6.78. The van der Waals surface area contributed by atoms with Gasteiger partial charge in [0.05, 0.1) is 29.4 Å². The molecule has 0 bridgehead atoms. The lowest BCUT2D eigenvalue weighted by Gasteiger charge is -2.18. The third-order valence-corrected chi connectivity index (χ3v) is 8.24. The van der Waals surface area contributed by atoms with Gasteiger partial charge in [0, 0.05) is 53.8 Å². The van der Waals surface area contributed by atoms with E-state index in [2.05, 4.69) is 25.2 Å². The van der Waals surface area contributed by atoms with Gasteiger partial charge < -0.3 is 15.2 Å². The second-order valence-corrected chi connectivity index (χ2v) is 11.2. The Labute approximate surface area is 262 Å². The van der Waals surface area contributed by atoms with Gasteiger partial charge in [-0.15, -0.1) is 0 Å². The molecule has 3 aromatic heterocycles. The number of β-amino-alcohol motifs (C(OH)–C–C–N with tert-alkyl or cyclic N) is 1. The van der Waals surface area contributed by atoms with Gasteiger partial charge in [-0.3, -0.25) is 9.69 Å². The fourth-order valence-electron chi connectivity index (χ4n) is 5.54. The average molecular weight is 631 g/mol. The Morgan fingerprint density at radius 1 is 1.11 bits per heavy atom. The smallest absolute Gasteiger partial charge is 0.297 e. The van der Waals surface area contributed by atoms with Gasteiger partial charge >= 0.3 is 0 Å². The SMILES string of the molecule is COc1nc(-c2cccc(-c3cccc(Nc4nc(C(F)F)nc5cc(C=O)cnc45)c3C)c2Cl)ccc1CN1CC[C@H](O)C1. The van der Waals surface area contributed by atoms with Crippen molar-refractivity contribution in [2.24, 2.45) is 0 Å². The molecule has 6 rings (SSSR count). The number of aldehydes is 1. The van der Waals surface area contributed by atoms with Crippen molar-refractivity contribution in [3.8, 4) is 28.3 Å². The lowest BCUT2D eigenvalue weighted by Crippen LogP contribution is -2.22. The molecule has 2 N–H and O–H groups in total. The number of ether oxygens (including phenoxy) is 1. The van der Waals surface area contributed by atoms with Gasteiger partial charge in [0.15, 0.2) is 17.9 Å². The Morgan fingerprint density at radius 2 is 1.89 bits per heavy atom. The number of alkyl halides is 2. The van der Waals surface area contributed by atoms with E-state index in [1.165, 1.54) is 12.3 Å². The minimum absolute atomic E-state index is 0.0904. The number of carbonyl (C=O) groups is 1. The van der Waals surface area contributed by atoms with Crippen LogP contribution in [0.15, 0.2) is 60.8 Å². The average Bonchev–Trinajstić information content (AvgIpc) is 3.46. The molecule has 0 unspecified atom stereocenters. The quantitative estimate of drug-likeness (QED) is 0.170. The van der Waals surface area contributed by atoms with E-state index in [0.29, 0.717) is 47.2 Å². The van der Waals surface area contributed by atoms with Crippen LogP contribution in [0.2, 0.25) is 5.02 Å². The van der Waals surface area contributed by atoms with Crippen molar-refractivity contribution in [2.45, 2.75) is 32.4 Å². The second-order valence-electron chi connectivity index (χ2n) is 10.8. The minimum Gasteiger partial charge on any atom is -0.481 e. The number of likely N-dealkylation sites (tertiary alicyclic amines) is 1. The van der Waals surface area contributed by atoms with Crippen LogP contribution < -0.4 is 10.1 Å². The third kappa shape index (κ3) is 6.19. The first-order valence-corrected chi connectivity index (χ1v) is 14.6. The van der Waals surface area contributed by atoms with Crippen LogP contribution in [-0.4, -0.2) is 62.5 Å². The van der Waals surface area contributed by atoms with E-state index in [1.54, 1.807) is 13.2 Å². The van der Waals surface area contributed by atoms with E-state index in [-0.39, 0.29) is 28.5 Å². The summed E-state index contributed by atoms with van der Waals surface area (Å²) >= 11 is 7.03. The van der Waals surface area contributed by atoms with Gasteiger partial charge in [-0.1, -0.05) is 48.0 Å². The number of aromatic nitrogens is 4. The number of hydrogen-bond acceptors (Lipinski definition) is 9. The number of benzene rings is 2. The minimum atomic E-state index is -2.92. The van der Waals surface area contributed by atoms with Gasteiger partial charge in [0.25, 0.3) is 6.43 Å². The van der Waals surface area contributed by atoms with Crippen molar-refractivity contribution >= 4 is 40.4 Å². The number of anilines is 2. The Hall–Kier alpha value is -4.58. The fraction of sp³-hybridized carbons (Fsp3) is 0.242. The van der Waals surface area contributed by atoms with Crippen LogP contribution in [0.25, 0.3) is 33.4 Å². The summed E-state index contributed by atoms with van der Waals surface area (Å²) in [5, 5.41) is 13.5. The molecule has 9 nitrogen and oxygen atoms in total. The van der Waals surface area contributed by atoms with Crippen LogP contribution in [0.5, 0.6) is 5.88 Å². The highest BCUT2D eigenvalue weighted by Crippen LogP contribution is 2.40. The van der Waals surface area contributed by atoms with Crippen LogP contribution in [0, 0.1) is 6.92 Å². The van der Waals surface area contributed by atoms with Crippen LogP contribution in [0.4, 0.5) is 20.3 Å². The summed E-state index contributed by atoms with van der Waals surface area (Å²) in [4.78, 5) is 30.4. The van der Waals surface area contributed by atoms with Crippen molar-refractivity contribution in [2.75, 3.05) is 25.5 Å². The molecule has 0 saturated carbocycles. The summed E-state index contributed by atoms with van der Waals surface area (Å²) in [6.07, 6.45) is -0.565. The molecule has 0 radical (unpaired) electrons. The van der Waals surface area contributed by atoms with E-state index >= 15 is 0 Å². The van der Waals surface area contributed by atoms with Crippen molar-refractivity contribution in [1.82, 2.24) is 24.8 Å². The number of pyridine rings is 2. The summed E-state index contributed by atoms with van der Waals surface area (Å²) in [5.41, 5.74) is 5.83. The van der Waals surface area contributed by atoms with Crippen molar-refractivity contribution in [1.29, 1.82) is 0 Å². The summed E-state index contributed by atoms with van der Waals surface area (Å²) in [6.45, 7) is 3.94. The molecular weight excluding hydrogens is 602 g/mol. The molecule has 5 aromatic rings. The summed E-state index contributed by atoms with van der Waals surface area (Å²) in [5.74, 6) is -0.0918. The molecule has 230 valence electrons. The van der Waals surface area contributed by atoms with Crippen molar-refractivity contribution < 1.29 is 23.4 Å². The normalized spacial score (nSPS) is 15.1. The van der Waals surface area contributed by atoms with E-state index in [4.69, 9.17) is 21.3 Å². The molecule has 12 heteroatoms. The number of halogens is 3. The highest BCUT2D eigenvalue weighted by atomic mass is 35.5. The standard InChI is InChI=1S/C33H29ClF2N6O3/c1-18-22(5-4-8-25(18)38-31-29-27(13-19(17-43)14-37-29)39-32(41-31)30(35)36)23-6-3-7-24(28(23)34)26-10-9-20(33(40-26)45-2)15-42-12-11-21(44)16-42/h3-10,13-14,17,21,30,44H,11-12,15-16H2,1-2H3,(H,38,39,41)/t21-/m0/s1. The molecule has 1 atom stereocenters. The number of rotatable bonds is 9. The number of nitrogens with one attached hydrogen (secondary N) is 1. The van der Waals surface area contributed by atoms with Crippen molar-refractivity contribution in [3.05, 3.63) is 88.3 Å². The third-order valence-electron chi connectivity index (χ3n) is 7.83. The molecular formula is C33H29ClF2N6O3.